The number of aromatic nitrogens is 4. The zero-order chi connectivity index (χ0) is 57.0. The van der Waals surface area contributed by atoms with Crippen LogP contribution in [0.25, 0.3) is 0 Å². The van der Waals surface area contributed by atoms with Gasteiger partial charge in [0.1, 0.15) is 36.3 Å². The van der Waals surface area contributed by atoms with Gasteiger partial charge in [0.2, 0.25) is 45.5 Å². The molecule has 3 unspecified atom stereocenters. The molecule has 0 aliphatic rings. The quantitative estimate of drug-likeness (QED) is 0.0244. The number of nitrogens with zero attached hydrogens (tertiary/aromatic N) is 3. The van der Waals surface area contributed by atoms with Crippen molar-refractivity contribution < 1.29 is 76.4 Å². The molecule has 440 valence electrons. The van der Waals surface area contributed by atoms with Gasteiger partial charge in [-0.3, -0.25) is 38.6 Å². The summed E-state index contributed by atoms with van der Waals surface area (Å²) in [6.45, 7) is 0.255. The lowest BCUT2D eigenvalue weighted by Gasteiger charge is -2.24. The van der Waals surface area contributed by atoms with E-state index in [1.807, 2.05) is 0 Å². The zero-order valence-corrected chi connectivity index (χ0v) is 46.4. The minimum Gasteiger partial charge on any atom is -0.480 e. The lowest BCUT2D eigenvalue weighted by Crippen LogP contribution is -2.45. The highest BCUT2D eigenvalue weighted by Gasteiger charge is 2.27. The smallest absolute Gasteiger partial charge is 0.326 e. The minimum absolute atomic E-state index is 0.0309. The third kappa shape index (κ3) is 38.0. The van der Waals surface area contributed by atoms with E-state index >= 15 is 0 Å². The summed E-state index contributed by atoms with van der Waals surface area (Å²) in [6, 6.07) is -2.95. The Morgan fingerprint density at radius 2 is 1.10 bits per heavy atom. The molecule has 1 aromatic rings. The number of hydrogen-bond acceptors (Lipinski definition) is 18. The molecule has 0 radical (unpaired) electrons. The molecule has 1 rings (SSSR count). The molecule has 27 nitrogen and oxygen atoms in total. The maximum atomic E-state index is 12.5. The summed E-state index contributed by atoms with van der Waals surface area (Å²) in [6.07, 6.45) is 15.7. The molecular weight excluding hydrogens is 1050 g/mol. The first kappa shape index (κ1) is 69.7. The van der Waals surface area contributed by atoms with Crippen LogP contribution in [-0.4, -0.2) is 174 Å². The van der Waals surface area contributed by atoms with Crippen LogP contribution in [-0.2, 0) is 69.1 Å². The lowest BCUT2D eigenvalue weighted by atomic mass is 9.96. The summed E-state index contributed by atoms with van der Waals surface area (Å²) in [5.74, 6) is -5.86. The van der Waals surface area contributed by atoms with Crippen molar-refractivity contribution in [3.63, 3.8) is 0 Å². The first-order valence-corrected chi connectivity index (χ1v) is 29.0. The number of amides is 6. The number of H-pyrrole nitrogens is 1. The highest BCUT2D eigenvalue weighted by atomic mass is 32.2. The van der Waals surface area contributed by atoms with Crippen molar-refractivity contribution in [3.8, 4) is 0 Å². The number of aromatic amines is 1. The monoisotopic (exact) mass is 1140 g/mol. The third-order valence-electron chi connectivity index (χ3n) is 12.1. The Balaban J connectivity index is 2.12. The van der Waals surface area contributed by atoms with Crippen molar-refractivity contribution >= 4 is 73.1 Å². The van der Waals surface area contributed by atoms with Gasteiger partial charge in [-0.1, -0.05) is 80.0 Å². The maximum absolute atomic E-state index is 12.5. The molecule has 1 aromatic heterocycles. The van der Waals surface area contributed by atoms with Gasteiger partial charge in [-0.25, -0.2) is 23.1 Å². The second kappa shape index (κ2) is 43.7. The molecule has 0 spiro atoms. The Bertz CT molecular complexity index is 1980. The van der Waals surface area contributed by atoms with Gasteiger partial charge in [0, 0.05) is 58.2 Å². The normalized spacial score (nSPS) is 12.9. The molecule has 77 heavy (non-hydrogen) atoms. The number of aliphatic hydroxyl groups excluding tert-OH is 1. The van der Waals surface area contributed by atoms with Crippen molar-refractivity contribution in [2.45, 2.75) is 185 Å². The SMILES string of the molecule is O=C[C@](CO)(CCCCNC(=O)COCCOCCNC(=O)CCC(NC(=O)CCC(NC(=O)CCCNC(=O)CCCS(=O)(=O)NC(=O)CCCCCCCCCCCCCCCc1nnn[nH]1)C(=O)O)C(=O)O)NP. The molecule has 6 amide bonds. The third-order valence-corrected chi connectivity index (χ3v) is 14.1. The fourth-order valence-electron chi connectivity index (χ4n) is 7.58. The summed E-state index contributed by atoms with van der Waals surface area (Å²) in [4.78, 5) is 108. The molecule has 0 aliphatic carbocycles. The number of carboxylic acid groups (broad SMARTS) is 2. The number of carboxylic acids is 2. The van der Waals surface area contributed by atoms with E-state index in [0.29, 0.717) is 38.5 Å². The van der Waals surface area contributed by atoms with Crippen molar-refractivity contribution in [3.05, 3.63) is 5.82 Å². The molecule has 1 heterocycles. The Labute approximate surface area is 453 Å². The largest absolute Gasteiger partial charge is 0.480 e. The van der Waals surface area contributed by atoms with Crippen LogP contribution in [0, 0.1) is 0 Å². The molecule has 0 saturated heterocycles. The number of carbonyl (C=O) groups excluding carboxylic acids is 7. The zero-order valence-electron chi connectivity index (χ0n) is 44.5. The fourth-order valence-corrected chi connectivity index (χ4v) is 8.96. The van der Waals surface area contributed by atoms with Crippen LogP contribution in [0.2, 0.25) is 0 Å². The van der Waals surface area contributed by atoms with Crippen molar-refractivity contribution in [1.29, 1.82) is 0 Å². The number of tetrazole rings is 1. The van der Waals surface area contributed by atoms with Gasteiger partial charge in [0.15, 0.2) is 0 Å². The molecule has 0 fully saturated rings. The number of rotatable bonds is 51. The molecule has 4 atom stereocenters. The van der Waals surface area contributed by atoms with Gasteiger partial charge < -0.3 is 56.2 Å². The molecule has 0 aromatic carbocycles. The van der Waals surface area contributed by atoms with Gasteiger partial charge in [-0.05, 0) is 68.2 Å². The second-order valence-corrected chi connectivity index (χ2v) is 20.9. The number of aliphatic hydroxyl groups is 1. The molecule has 11 N–H and O–H groups in total. The number of ether oxygens (including phenoxy) is 2. The van der Waals surface area contributed by atoms with E-state index in [9.17, 15) is 66.9 Å². The number of sulfonamides is 1. The number of aliphatic carboxylic acids is 2. The lowest BCUT2D eigenvalue weighted by molar-refractivity contribution is -0.143. The predicted molar refractivity (Wildman–Crippen MR) is 284 cm³/mol. The number of hydrogen-bond donors (Lipinski definition) is 11. The van der Waals surface area contributed by atoms with Gasteiger partial charge in [0.05, 0.1) is 32.2 Å². The van der Waals surface area contributed by atoms with E-state index in [-0.39, 0.29) is 103 Å². The van der Waals surface area contributed by atoms with Crippen molar-refractivity contribution in [2.75, 3.05) is 58.4 Å². The molecule has 0 bridgehead atoms. The number of aldehydes is 1. The molecule has 29 heteroatoms. The van der Waals surface area contributed by atoms with E-state index in [0.717, 1.165) is 44.3 Å². The predicted octanol–water partition coefficient (Wildman–Crippen LogP) is 0.771. The van der Waals surface area contributed by atoms with E-state index in [1.165, 1.54) is 44.9 Å². The molecule has 0 aliphatic heterocycles. The Kier molecular flexibility index (Phi) is 39.6. The maximum Gasteiger partial charge on any atom is 0.326 e. The highest BCUT2D eigenvalue weighted by molar-refractivity contribution is 7.90. The van der Waals surface area contributed by atoms with Crippen LogP contribution < -0.4 is 36.4 Å². The van der Waals surface area contributed by atoms with Crippen LogP contribution in [0.15, 0.2) is 0 Å². The molecule has 0 saturated carbocycles. The topological polar surface area (TPSA) is 406 Å². The number of unbranched alkanes of at least 4 members (excludes halogenated alkanes) is 13. The van der Waals surface area contributed by atoms with Gasteiger partial charge in [0.25, 0.3) is 0 Å². The first-order chi connectivity index (χ1) is 36.9. The summed E-state index contributed by atoms with van der Waals surface area (Å²) < 4.78 is 37.4. The van der Waals surface area contributed by atoms with Crippen LogP contribution >= 0.6 is 9.39 Å². The number of nitrogens with one attached hydrogen (secondary N) is 8. The Hall–Kier alpha value is -5.28. The average Bonchev–Trinajstić information content (AvgIpc) is 3.92. The Morgan fingerprint density at radius 3 is 1.68 bits per heavy atom. The summed E-state index contributed by atoms with van der Waals surface area (Å²) in [5.41, 5.74) is -1.03. The number of carbonyl (C=O) groups is 9. The van der Waals surface area contributed by atoms with Crippen LogP contribution in [0.4, 0.5) is 0 Å². The minimum atomic E-state index is -3.93. The van der Waals surface area contributed by atoms with Crippen LogP contribution in [0.5, 0.6) is 0 Å². The van der Waals surface area contributed by atoms with Crippen molar-refractivity contribution in [1.82, 2.24) is 57.0 Å². The summed E-state index contributed by atoms with van der Waals surface area (Å²) in [7, 11) is -1.72. The second-order valence-electron chi connectivity index (χ2n) is 18.7. The van der Waals surface area contributed by atoms with E-state index in [1.54, 1.807) is 0 Å². The highest BCUT2D eigenvalue weighted by Crippen LogP contribution is 2.15. The molecular formula is C48H86N11O16PS. The van der Waals surface area contributed by atoms with E-state index in [2.05, 4.69) is 66.4 Å². The van der Waals surface area contributed by atoms with Crippen LogP contribution in [0.3, 0.4) is 0 Å². The van der Waals surface area contributed by atoms with Crippen LogP contribution in [0.1, 0.15) is 166 Å². The van der Waals surface area contributed by atoms with Crippen molar-refractivity contribution in [2.24, 2.45) is 0 Å². The average molecular weight is 1140 g/mol. The van der Waals surface area contributed by atoms with E-state index in [4.69, 9.17) is 9.47 Å². The summed E-state index contributed by atoms with van der Waals surface area (Å²) >= 11 is 0. The first-order valence-electron chi connectivity index (χ1n) is 26.8. The Morgan fingerprint density at radius 1 is 0.597 bits per heavy atom. The van der Waals surface area contributed by atoms with Gasteiger partial charge in [-0.2, -0.15) is 0 Å². The standard InChI is InChI=1S/C48H86N11O16PS/c60-35-48(36-61,57-76)26-14-15-27-50-45(67)34-75-32-31-74-30-29-51-41(63)24-22-37(46(68)69)53-43(65)25-23-38(47(70)71)52-42(64)20-16-28-49-40(62)21-17-33-77(72,73)56-44(66)19-13-11-9-7-5-3-1-2-4-6-8-10-12-18-39-54-58-59-55-39/h35,37-38,57,61H,1-34,36,76H2,(H,49,62)(H,50,67)(H,51,63)(H,52,64)(H,53,65)(H,56,66)(H,68,69)(H,70,71)(H,54,55,58,59)/t37?,38?,48-/m0/s1. The van der Waals surface area contributed by atoms with Gasteiger partial charge in [-0.15, -0.1) is 5.10 Å². The fraction of sp³-hybridized carbons (Fsp3) is 0.792. The van der Waals surface area contributed by atoms with Gasteiger partial charge >= 0.3 is 11.9 Å². The van der Waals surface area contributed by atoms with E-state index < -0.39 is 81.3 Å². The number of aryl methyl sites for hydroxylation is 1. The summed E-state index contributed by atoms with van der Waals surface area (Å²) in [5, 5.41) is 57.4.